The second kappa shape index (κ2) is 54.9. The van der Waals surface area contributed by atoms with Gasteiger partial charge < -0.3 is 14.2 Å². The van der Waals surface area contributed by atoms with Crippen molar-refractivity contribution in [1.29, 1.82) is 0 Å². The molecule has 0 unspecified atom stereocenters. The summed E-state index contributed by atoms with van der Waals surface area (Å²) in [6.45, 7) is 6.50. The van der Waals surface area contributed by atoms with Gasteiger partial charge in [0.15, 0.2) is 6.10 Å². The van der Waals surface area contributed by atoms with Crippen LogP contribution in [-0.4, -0.2) is 37.2 Å². The average Bonchev–Trinajstić information content (AvgIpc) is 3.33. The Morgan fingerprint density at radius 1 is 0.299 bits per heavy atom. The number of carbonyl (C=O) groups is 3. The maximum atomic E-state index is 12.8. The molecule has 0 spiro atoms. The van der Waals surface area contributed by atoms with Gasteiger partial charge in [-0.15, -0.1) is 0 Å². The van der Waals surface area contributed by atoms with Crippen molar-refractivity contribution in [2.24, 2.45) is 0 Å². The van der Waals surface area contributed by atoms with Gasteiger partial charge in [0.05, 0.1) is 0 Å². The third kappa shape index (κ3) is 53.2. The zero-order valence-electron chi connectivity index (χ0n) is 43.6. The van der Waals surface area contributed by atoms with E-state index in [1.807, 2.05) is 0 Å². The van der Waals surface area contributed by atoms with Gasteiger partial charge in [0, 0.05) is 19.3 Å². The van der Waals surface area contributed by atoms with E-state index in [2.05, 4.69) is 118 Å². The Morgan fingerprint density at radius 2 is 0.537 bits per heavy atom. The topological polar surface area (TPSA) is 78.9 Å². The summed E-state index contributed by atoms with van der Waals surface area (Å²) < 4.78 is 16.8. The molecule has 6 heteroatoms. The lowest BCUT2D eigenvalue weighted by Gasteiger charge is -2.18. The summed E-state index contributed by atoms with van der Waals surface area (Å²) in [6.07, 6.45) is 72.4. The van der Waals surface area contributed by atoms with Crippen molar-refractivity contribution in [3.05, 3.63) is 97.2 Å². The molecule has 0 saturated heterocycles. The molecule has 0 aliphatic carbocycles. The number of hydrogen-bond donors (Lipinski definition) is 0. The van der Waals surface area contributed by atoms with Crippen molar-refractivity contribution in [2.75, 3.05) is 13.2 Å². The first-order valence-electron chi connectivity index (χ1n) is 27.7. The number of carbonyl (C=O) groups excluding carboxylic acids is 3. The third-order valence-corrected chi connectivity index (χ3v) is 11.5. The Hall–Kier alpha value is -3.67. The van der Waals surface area contributed by atoms with Gasteiger partial charge in [-0.05, 0) is 128 Å². The number of esters is 3. The quantitative estimate of drug-likeness (QED) is 0.0262. The van der Waals surface area contributed by atoms with Crippen LogP contribution in [0.1, 0.15) is 252 Å². The van der Waals surface area contributed by atoms with E-state index in [4.69, 9.17) is 14.2 Å². The number of rotatable bonds is 49. The molecular weight excluding hydrogens is 829 g/mol. The van der Waals surface area contributed by atoms with E-state index >= 15 is 0 Å². The predicted molar refractivity (Wildman–Crippen MR) is 288 cm³/mol. The molecular formula is C61H102O6. The summed E-state index contributed by atoms with van der Waals surface area (Å²) in [6, 6.07) is 0. The van der Waals surface area contributed by atoms with Gasteiger partial charge in [-0.2, -0.15) is 0 Å². The molecule has 0 heterocycles. The molecule has 0 aliphatic heterocycles. The second-order valence-electron chi connectivity index (χ2n) is 18.1. The molecule has 0 saturated carbocycles. The van der Waals surface area contributed by atoms with Crippen LogP contribution in [0.25, 0.3) is 0 Å². The van der Waals surface area contributed by atoms with Gasteiger partial charge in [0.1, 0.15) is 13.2 Å². The SMILES string of the molecule is CCCCC/C=C\C/C=C\C/C=C\C/C=C\CCCCCC(=O)OC[C@@H](COC(=O)CCCCCCC/C=C\C/C=C\CCCCC)OC(=O)CCCCCCC/C=C\C/C=C\CCCCC. The molecule has 382 valence electrons. The monoisotopic (exact) mass is 931 g/mol. The van der Waals surface area contributed by atoms with Gasteiger partial charge in [-0.1, -0.05) is 201 Å². The summed E-state index contributed by atoms with van der Waals surface area (Å²) in [7, 11) is 0. The molecule has 0 amide bonds. The van der Waals surface area contributed by atoms with E-state index in [1.165, 1.54) is 77.0 Å². The standard InChI is InChI=1S/C61H102O6/c1-4-7-10-13-16-19-22-25-28-29-30-31-34-36-39-42-45-48-51-54-60(63)66-57-58(67-61(64)55-52-49-46-43-40-37-33-27-24-21-18-15-12-9-6-3)56-65-59(62)53-50-47-44-41-38-35-32-26-23-20-17-14-11-8-5-2/h16-21,25-28,30-33,36,39,58H,4-15,22-24,29,34-35,37-38,40-57H2,1-3H3/b19-16-,20-17-,21-18-,28-25-,31-30-,32-26-,33-27-,39-36-/t58-/m1/s1. The molecule has 0 N–H and O–H groups in total. The molecule has 6 nitrogen and oxygen atoms in total. The Bertz CT molecular complexity index is 1350. The van der Waals surface area contributed by atoms with Gasteiger partial charge in [0.25, 0.3) is 0 Å². The highest BCUT2D eigenvalue weighted by Crippen LogP contribution is 2.13. The van der Waals surface area contributed by atoms with Crippen molar-refractivity contribution in [1.82, 2.24) is 0 Å². The smallest absolute Gasteiger partial charge is 0.306 e. The van der Waals surface area contributed by atoms with Crippen molar-refractivity contribution < 1.29 is 28.6 Å². The third-order valence-electron chi connectivity index (χ3n) is 11.5. The van der Waals surface area contributed by atoms with Crippen LogP contribution in [0.5, 0.6) is 0 Å². The zero-order chi connectivity index (χ0) is 48.6. The molecule has 0 aliphatic rings. The predicted octanol–water partition coefficient (Wildman–Crippen LogP) is 18.5. The summed E-state index contributed by atoms with van der Waals surface area (Å²) in [5.74, 6) is -0.960. The van der Waals surface area contributed by atoms with E-state index in [9.17, 15) is 14.4 Å². The normalized spacial score (nSPS) is 12.8. The fraction of sp³-hybridized carbons (Fsp3) is 0.689. The summed E-state index contributed by atoms with van der Waals surface area (Å²) in [5, 5.41) is 0. The van der Waals surface area contributed by atoms with Crippen molar-refractivity contribution in [3.63, 3.8) is 0 Å². The first-order valence-corrected chi connectivity index (χ1v) is 27.7. The van der Waals surface area contributed by atoms with Crippen LogP contribution < -0.4 is 0 Å². The highest BCUT2D eigenvalue weighted by atomic mass is 16.6. The molecule has 67 heavy (non-hydrogen) atoms. The van der Waals surface area contributed by atoms with E-state index in [-0.39, 0.29) is 31.1 Å². The van der Waals surface area contributed by atoms with Crippen LogP contribution in [0.4, 0.5) is 0 Å². The van der Waals surface area contributed by atoms with Crippen LogP contribution in [0, 0.1) is 0 Å². The van der Waals surface area contributed by atoms with Crippen LogP contribution in [0.2, 0.25) is 0 Å². The number of unbranched alkanes of at least 4 members (excludes halogenated alkanes) is 22. The molecule has 0 radical (unpaired) electrons. The minimum absolute atomic E-state index is 0.102. The van der Waals surface area contributed by atoms with Crippen LogP contribution >= 0.6 is 0 Å². The molecule has 0 aromatic rings. The zero-order valence-corrected chi connectivity index (χ0v) is 43.6. The molecule has 1 atom stereocenters. The molecule has 0 fully saturated rings. The van der Waals surface area contributed by atoms with Crippen LogP contribution in [0.3, 0.4) is 0 Å². The van der Waals surface area contributed by atoms with Crippen LogP contribution in [-0.2, 0) is 28.6 Å². The summed E-state index contributed by atoms with van der Waals surface area (Å²) in [4.78, 5) is 38.1. The first kappa shape index (κ1) is 63.3. The highest BCUT2D eigenvalue weighted by molar-refractivity contribution is 5.71. The average molecular weight is 931 g/mol. The Morgan fingerprint density at radius 3 is 0.851 bits per heavy atom. The molecule has 0 aromatic carbocycles. The van der Waals surface area contributed by atoms with Crippen molar-refractivity contribution in [2.45, 2.75) is 258 Å². The maximum absolute atomic E-state index is 12.8. The molecule has 0 rings (SSSR count). The fourth-order valence-electron chi connectivity index (χ4n) is 7.31. The Balaban J connectivity index is 4.50. The number of hydrogen-bond acceptors (Lipinski definition) is 6. The highest BCUT2D eigenvalue weighted by Gasteiger charge is 2.19. The largest absolute Gasteiger partial charge is 0.462 e. The van der Waals surface area contributed by atoms with Crippen molar-refractivity contribution in [3.8, 4) is 0 Å². The van der Waals surface area contributed by atoms with E-state index in [0.717, 1.165) is 135 Å². The minimum atomic E-state index is -0.805. The molecule has 0 bridgehead atoms. The van der Waals surface area contributed by atoms with Gasteiger partial charge >= 0.3 is 17.9 Å². The van der Waals surface area contributed by atoms with Gasteiger partial charge in [-0.3, -0.25) is 14.4 Å². The van der Waals surface area contributed by atoms with Crippen molar-refractivity contribution >= 4 is 17.9 Å². The van der Waals surface area contributed by atoms with E-state index in [1.54, 1.807) is 0 Å². The first-order chi connectivity index (χ1) is 33.0. The van der Waals surface area contributed by atoms with E-state index in [0.29, 0.717) is 19.3 Å². The van der Waals surface area contributed by atoms with E-state index < -0.39 is 6.10 Å². The maximum Gasteiger partial charge on any atom is 0.306 e. The van der Waals surface area contributed by atoms with Crippen LogP contribution in [0.15, 0.2) is 97.2 Å². The minimum Gasteiger partial charge on any atom is -0.462 e. The summed E-state index contributed by atoms with van der Waals surface area (Å²) in [5.41, 5.74) is 0. The van der Waals surface area contributed by atoms with Gasteiger partial charge in [-0.25, -0.2) is 0 Å². The lowest BCUT2D eigenvalue weighted by molar-refractivity contribution is -0.167. The number of ether oxygens (including phenoxy) is 3. The second-order valence-corrected chi connectivity index (χ2v) is 18.1. The fourth-order valence-corrected chi connectivity index (χ4v) is 7.31. The Kier molecular flexibility index (Phi) is 51.9. The lowest BCUT2D eigenvalue weighted by atomic mass is 10.1. The molecule has 0 aromatic heterocycles. The summed E-state index contributed by atoms with van der Waals surface area (Å²) >= 11 is 0. The van der Waals surface area contributed by atoms with Gasteiger partial charge in [0.2, 0.25) is 0 Å². The number of allylic oxidation sites excluding steroid dienone is 16. The lowest BCUT2D eigenvalue weighted by Crippen LogP contribution is -2.30. The Labute approximate surface area is 413 Å².